The van der Waals surface area contributed by atoms with Crippen LogP contribution in [0, 0.1) is 5.92 Å². The number of nitrogens with one attached hydrogen (secondary N) is 1. The lowest BCUT2D eigenvalue weighted by atomic mass is 10.1. The van der Waals surface area contributed by atoms with Crippen LogP contribution in [0.5, 0.6) is 0 Å². The van der Waals surface area contributed by atoms with Crippen LogP contribution in [0.15, 0.2) is 0 Å². The lowest BCUT2D eigenvalue weighted by Crippen LogP contribution is -2.43. The van der Waals surface area contributed by atoms with Crippen LogP contribution in [-0.2, 0) is 14.4 Å². The van der Waals surface area contributed by atoms with Gasteiger partial charge in [0, 0.05) is 6.42 Å². The van der Waals surface area contributed by atoms with Gasteiger partial charge in [0.05, 0.1) is 6.42 Å². The van der Waals surface area contributed by atoms with Crippen molar-refractivity contribution in [3.63, 3.8) is 0 Å². The molecule has 0 aliphatic rings. The Morgan fingerprint density at radius 1 is 1.31 bits per heavy atom. The van der Waals surface area contributed by atoms with E-state index in [1.165, 1.54) is 0 Å². The first-order valence-corrected chi connectivity index (χ1v) is 4.87. The van der Waals surface area contributed by atoms with Crippen LogP contribution in [0.25, 0.3) is 0 Å². The zero-order chi connectivity index (χ0) is 12.7. The van der Waals surface area contributed by atoms with E-state index in [1.807, 2.05) is 0 Å². The number of carbonyl (C=O) groups excluding carboxylic acids is 2. The van der Waals surface area contributed by atoms with Crippen molar-refractivity contribution in [1.82, 2.24) is 5.32 Å². The summed E-state index contributed by atoms with van der Waals surface area (Å²) in [6.07, 6.45) is -0.295. The predicted octanol–water partition coefficient (Wildman–Crippen LogP) is -1.58. The minimum absolute atomic E-state index is 0.0389. The second-order valence-corrected chi connectivity index (χ2v) is 3.67. The van der Waals surface area contributed by atoms with Crippen molar-refractivity contribution >= 4 is 17.8 Å². The number of carbonyl (C=O) groups is 3. The van der Waals surface area contributed by atoms with E-state index in [2.05, 4.69) is 5.32 Å². The maximum absolute atomic E-state index is 11.3. The van der Waals surface area contributed by atoms with E-state index in [1.54, 1.807) is 6.92 Å². The first-order chi connectivity index (χ1) is 7.36. The van der Waals surface area contributed by atoms with E-state index in [0.717, 1.165) is 0 Å². The molecule has 0 aromatic rings. The van der Waals surface area contributed by atoms with Gasteiger partial charge in [0.2, 0.25) is 11.8 Å². The van der Waals surface area contributed by atoms with E-state index in [-0.39, 0.29) is 12.3 Å². The highest BCUT2D eigenvalue weighted by atomic mass is 16.4. The Labute approximate surface area is 93.2 Å². The predicted molar refractivity (Wildman–Crippen MR) is 56.2 cm³/mol. The molecule has 2 atom stereocenters. The zero-order valence-corrected chi connectivity index (χ0v) is 9.10. The molecule has 0 fully saturated rings. The fraction of sp³-hybridized carbons (Fsp3) is 0.667. The molecule has 92 valence electrons. The van der Waals surface area contributed by atoms with E-state index in [0.29, 0.717) is 6.54 Å². The van der Waals surface area contributed by atoms with Gasteiger partial charge in [0.1, 0.15) is 6.04 Å². The first kappa shape index (κ1) is 14.4. The van der Waals surface area contributed by atoms with Gasteiger partial charge in [-0.05, 0) is 12.5 Å². The molecule has 2 amide bonds. The van der Waals surface area contributed by atoms with Crippen molar-refractivity contribution in [3.05, 3.63) is 0 Å². The van der Waals surface area contributed by atoms with E-state index < -0.39 is 30.2 Å². The van der Waals surface area contributed by atoms with Gasteiger partial charge in [0.25, 0.3) is 0 Å². The summed E-state index contributed by atoms with van der Waals surface area (Å²) < 4.78 is 0. The van der Waals surface area contributed by atoms with Crippen LogP contribution in [0.4, 0.5) is 0 Å². The van der Waals surface area contributed by atoms with Crippen LogP contribution in [0.1, 0.15) is 19.8 Å². The molecule has 0 aliphatic carbocycles. The zero-order valence-electron chi connectivity index (χ0n) is 9.10. The average molecular weight is 231 g/mol. The number of amides is 2. The molecule has 0 heterocycles. The van der Waals surface area contributed by atoms with Gasteiger partial charge in [-0.25, -0.2) is 4.79 Å². The number of rotatable bonds is 7. The maximum Gasteiger partial charge on any atom is 0.326 e. The van der Waals surface area contributed by atoms with Crippen molar-refractivity contribution in [1.29, 1.82) is 0 Å². The Morgan fingerprint density at radius 2 is 1.88 bits per heavy atom. The Hall–Kier alpha value is -1.63. The number of carboxylic acids is 1. The molecule has 6 N–H and O–H groups in total. The standard InChI is InChI=1S/C9H17N3O4/c1-5(4-10)2-8(14)12-6(9(15)16)3-7(11)13/h5-6H,2-4,10H2,1H3,(H2,11,13)(H,12,14)(H,15,16)/t5?,6-/m1/s1. The molecule has 7 nitrogen and oxygen atoms in total. The number of nitrogens with two attached hydrogens (primary N) is 2. The number of hydrogen-bond acceptors (Lipinski definition) is 4. The Morgan fingerprint density at radius 3 is 2.25 bits per heavy atom. The average Bonchev–Trinajstić information content (AvgIpc) is 2.15. The normalized spacial score (nSPS) is 13.9. The fourth-order valence-electron chi connectivity index (χ4n) is 1.05. The monoisotopic (exact) mass is 231 g/mol. The highest BCUT2D eigenvalue weighted by Crippen LogP contribution is 2.00. The third-order valence-electron chi connectivity index (χ3n) is 1.97. The molecule has 0 aromatic heterocycles. The Bertz CT molecular complexity index is 280. The summed E-state index contributed by atoms with van der Waals surface area (Å²) in [4.78, 5) is 32.6. The summed E-state index contributed by atoms with van der Waals surface area (Å²) in [5, 5.41) is 10.9. The lowest BCUT2D eigenvalue weighted by Gasteiger charge is -2.14. The van der Waals surface area contributed by atoms with Gasteiger partial charge in [-0.2, -0.15) is 0 Å². The quantitative estimate of drug-likeness (QED) is 0.419. The summed E-state index contributed by atoms with van der Waals surface area (Å²) in [5.41, 5.74) is 10.2. The molecule has 0 saturated carbocycles. The summed E-state index contributed by atoms with van der Waals surface area (Å²) in [5.74, 6) is -2.55. The van der Waals surface area contributed by atoms with Gasteiger partial charge < -0.3 is 21.9 Å². The lowest BCUT2D eigenvalue weighted by molar-refractivity contribution is -0.143. The van der Waals surface area contributed by atoms with Crippen LogP contribution >= 0.6 is 0 Å². The second-order valence-electron chi connectivity index (χ2n) is 3.67. The molecule has 0 rings (SSSR count). The maximum atomic E-state index is 11.3. The molecule has 7 heteroatoms. The SMILES string of the molecule is CC(CN)CC(=O)N[C@H](CC(N)=O)C(=O)O. The van der Waals surface area contributed by atoms with Gasteiger partial charge in [-0.15, -0.1) is 0 Å². The fourth-order valence-corrected chi connectivity index (χ4v) is 1.05. The highest BCUT2D eigenvalue weighted by molar-refractivity contribution is 5.88. The van der Waals surface area contributed by atoms with E-state index >= 15 is 0 Å². The molecular formula is C9H17N3O4. The molecule has 16 heavy (non-hydrogen) atoms. The summed E-state index contributed by atoms with van der Waals surface area (Å²) in [7, 11) is 0. The molecule has 0 bridgehead atoms. The largest absolute Gasteiger partial charge is 0.480 e. The smallest absolute Gasteiger partial charge is 0.326 e. The second kappa shape index (κ2) is 6.78. The van der Waals surface area contributed by atoms with Gasteiger partial charge in [-0.1, -0.05) is 6.92 Å². The molecule has 0 saturated heterocycles. The molecular weight excluding hydrogens is 214 g/mol. The number of carboxylic acid groups (broad SMARTS) is 1. The number of primary amides is 1. The van der Waals surface area contributed by atoms with Crippen LogP contribution < -0.4 is 16.8 Å². The van der Waals surface area contributed by atoms with E-state index in [4.69, 9.17) is 16.6 Å². The minimum atomic E-state index is -1.28. The summed E-state index contributed by atoms with van der Waals surface area (Å²) in [6, 6.07) is -1.27. The van der Waals surface area contributed by atoms with Crippen molar-refractivity contribution < 1.29 is 19.5 Å². The molecule has 0 aliphatic heterocycles. The van der Waals surface area contributed by atoms with Crippen molar-refractivity contribution in [2.24, 2.45) is 17.4 Å². The molecule has 1 unspecified atom stereocenters. The van der Waals surface area contributed by atoms with E-state index in [9.17, 15) is 14.4 Å². The highest BCUT2D eigenvalue weighted by Gasteiger charge is 2.22. The third kappa shape index (κ3) is 5.97. The molecule has 0 spiro atoms. The topological polar surface area (TPSA) is 136 Å². The Kier molecular flexibility index (Phi) is 6.09. The van der Waals surface area contributed by atoms with Crippen molar-refractivity contribution in [3.8, 4) is 0 Å². The molecule has 0 radical (unpaired) electrons. The third-order valence-corrected chi connectivity index (χ3v) is 1.97. The van der Waals surface area contributed by atoms with Crippen LogP contribution in [0.3, 0.4) is 0 Å². The Balaban J connectivity index is 4.24. The van der Waals surface area contributed by atoms with Crippen LogP contribution in [0.2, 0.25) is 0 Å². The number of aliphatic carboxylic acids is 1. The first-order valence-electron chi connectivity index (χ1n) is 4.87. The minimum Gasteiger partial charge on any atom is -0.480 e. The van der Waals surface area contributed by atoms with Gasteiger partial charge in [0.15, 0.2) is 0 Å². The summed E-state index contributed by atoms with van der Waals surface area (Å²) >= 11 is 0. The van der Waals surface area contributed by atoms with Crippen molar-refractivity contribution in [2.45, 2.75) is 25.8 Å². The van der Waals surface area contributed by atoms with Crippen molar-refractivity contribution in [2.75, 3.05) is 6.54 Å². The van der Waals surface area contributed by atoms with Gasteiger partial charge in [-0.3, -0.25) is 9.59 Å². The summed E-state index contributed by atoms with van der Waals surface area (Å²) in [6.45, 7) is 2.10. The number of hydrogen-bond donors (Lipinski definition) is 4. The van der Waals surface area contributed by atoms with Gasteiger partial charge >= 0.3 is 5.97 Å². The van der Waals surface area contributed by atoms with Crippen LogP contribution in [-0.4, -0.2) is 35.5 Å². The molecule has 0 aromatic carbocycles.